The minimum absolute atomic E-state index is 0.0337. The van der Waals surface area contributed by atoms with Gasteiger partial charge in [-0.05, 0) is 5.56 Å². The number of aliphatic hydroxyl groups is 1. The van der Waals surface area contributed by atoms with Gasteiger partial charge >= 0.3 is 0 Å². The lowest BCUT2D eigenvalue weighted by molar-refractivity contribution is 0.151. The van der Waals surface area contributed by atoms with Crippen molar-refractivity contribution in [2.75, 3.05) is 0 Å². The maximum absolute atomic E-state index is 12.1. The van der Waals surface area contributed by atoms with E-state index in [1.165, 1.54) is 24.3 Å². The Labute approximate surface area is 80.4 Å². The van der Waals surface area contributed by atoms with Gasteiger partial charge in [0.05, 0.1) is 18.6 Å². The lowest BCUT2D eigenvalue weighted by Crippen LogP contribution is -1.96. The monoisotopic (exact) mass is 197 g/mol. The number of alkyl halides is 2. The highest BCUT2D eigenvalue weighted by atomic mass is 19.3. The number of nitrogens with zero attached hydrogens (tertiary/aromatic N) is 1. The molecular weight excluding hydrogens is 188 g/mol. The van der Waals surface area contributed by atoms with Crippen LogP contribution in [-0.4, -0.2) is 5.11 Å². The van der Waals surface area contributed by atoms with Gasteiger partial charge < -0.3 is 5.11 Å². The van der Waals surface area contributed by atoms with Crippen LogP contribution < -0.4 is 0 Å². The number of hydrogen-bond acceptors (Lipinski definition) is 2. The molecule has 0 aliphatic rings. The molecule has 2 nitrogen and oxygen atoms in total. The topological polar surface area (TPSA) is 44.0 Å². The molecule has 0 spiro atoms. The first-order chi connectivity index (χ1) is 6.65. The fraction of sp³-hybridized carbons (Fsp3) is 0.300. The van der Waals surface area contributed by atoms with E-state index < -0.39 is 12.5 Å². The fourth-order valence-corrected chi connectivity index (χ4v) is 1.07. The third-order valence-corrected chi connectivity index (χ3v) is 1.86. The molecule has 0 saturated heterocycles. The Morgan fingerprint density at radius 2 is 1.71 bits per heavy atom. The summed E-state index contributed by atoms with van der Waals surface area (Å²) in [4.78, 5) is 0. The summed E-state index contributed by atoms with van der Waals surface area (Å²) in [5.41, 5.74) is 0.397. The van der Waals surface area contributed by atoms with Crippen molar-refractivity contribution in [3.05, 3.63) is 35.4 Å². The highest BCUT2D eigenvalue weighted by Crippen LogP contribution is 2.22. The van der Waals surface area contributed by atoms with Crippen molar-refractivity contribution in [2.24, 2.45) is 0 Å². The second-order valence-corrected chi connectivity index (χ2v) is 2.85. The Bertz CT molecular complexity index is 329. The van der Waals surface area contributed by atoms with Crippen LogP contribution in [0.3, 0.4) is 0 Å². The first kappa shape index (κ1) is 10.6. The summed E-state index contributed by atoms with van der Waals surface area (Å²) >= 11 is 0. The SMILES string of the molecule is N#CCC(O)c1ccc(C(F)F)cc1. The van der Waals surface area contributed by atoms with Gasteiger partial charge in [-0.2, -0.15) is 5.26 Å². The summed E-state index contributed by atoms with van der Waals surface area (Å²) < 4.78 is 24.3. The highest BCUT2D eigenvalue weighted by molar-refractivity contribution is 5.25. The molecule has 0 saturated carbocycles. The average Bonchev–Trinajstić information content (AvgIpc) is 2.18. The molecule has 1 aromatic carbocycles. The third kappa shape index (κ3) is 2.51. The standard InChI is InChI=1S/C10H9F2NO/c11-10(12)8-3-1-7(2-4-8)9(14)5-6-13/h1-4,9-10,14H,5H2. The Morgan fingerprint density at radius 1 is 1.21 bits per heavy atom. The summed E-state index contributed by atoms with van der Waals surface area (Å²) in [5.74, 6) is 0. The van der Waals surface area contributed by atoms with E-state index in [2.05, 4.69) is 0 Å². The summed E-state index contributed by atoms with van der Waals surface area (Å²) in [5, 5.41) is 17.7. The van der Waals surface area contributed by atoms with Crippen molar-refractivity contribution in [3.8, 4) is 6.07 Å². The van der Waals surface area contributed by atoms with Crippen LogP contribution in [0.2, 0.25) is 0 Å². The number of rotatable bonds is 3. The van der Waals surface area contributed by atoms with Crippen molar-refractivity contribution in [1.82, 2.24) is 0 Å². The van der Waals surface area contributed by atoms with Crippen LogP contribution in [0.5, 0.6) is 0 Å². The minimum Gasteiger partial charge on any atom is -0.387 e. The van der Waals surface area contributed by atoms with Crippen LogP contribution in [0.25, 0.3) is 0 Å². The summed E-state index contributed by atoms with van der Waals surface area (Å²) in [6.07, 6.45) is -3.43. The normalized spacial score (nSPS) is 12.5. The maximum Gasteiger partial charge on any atom is 0.263 e. The summed E-state index contributed by atoms with van der Waals surface area (Å²) in [6, 6.07) is 7.12. The molecule has 1 unspecified atom stereocenters. The number of aliphatic hydroxyl groups excluding tert-OH is 1. The van der Waals surface area contributed by atoms with Gasteiger partial charge in [-0.15, -0.1) is 0 Å². The van der Waals surface area contributed by atoms with E-state index >= 15 is 0 Å². The summed E-state index contributed by atoms with van der Waals surface area (Å²) in [7, 11) is 0. The fourth-order valence-electron chi connectivity index (χ4n) is 1.07. The van der Waals surface area contributed by atoms with Crippen LogP contribution in [0.1, 0.15) is 30.1 Å². The second kappa shape index (κ2) is 4.68. The van der Waals surface area contributed by atoms with Crippen molar-refractivity contribution in [3.63, 3.8) is 0 Å². The van der Waals surface area contributed by atoms with Crippen LogP contribution in [0.4, 0.5) is 8.78 Å². The van der Waals surface area contributed by atoms with Crippen LogP contribution >= 0.6 is 0 Å². The Morgan fingerprint density at radius 3 is 2.14 bits per heavy atom. The van der Waals surface area contributed by atoms with Gasteiger partial charge in [-0.3, -0.25) is 0 Å². The van der Waals surface area contributed by atoms with Crippen molar-refractivity contribution in [2.45, 2.75) is 19.0 Å². The van der Waals surface area contributed by atoms with Crippen LogP contribution in [0.15, 0.2) is 24.3 Å². The molecule has 1 rings (SSSR count). The van der Waals surface area contributed by atoms with Gasteiger partial charge in [-0.1, -0.05) is 24.3 Å². The molecule has 74 valence electrons. The molecule has 0 aliphatic heterocycles. The largest absolute Gasteiger partial charge is 0.387 e. The van der Waals surface area contributed by atoms with E-state index in [9.17, 15) is 13.9 Å². The Balaban J connectivity index is 2.78. The van der Waals surface area contributed by atoms with E-state index in [4.69, 9.17) is 5.26 Å². The quantitative estimate of drug-likeness (QED) is 0.809. The van der Waals surface area contributed by atoms with E-state index in [1.54, 1.807) is 6.07 Å². The van der Waals surface area contributed by atoms with Gasteiger partial charge in [-0.25, -0.2) is 8.78 Å². The first-order valence-corrected chi connectivity index (χ1v) is 4.08. The molecule has 0 aliphatic carbocycles. The molecular formula is C10H9F2NO. The van der Waals surface area contributed by atoms with Crippen molar-refractivity contribution < 1.29 is 13.9 Å². The molecule has 0 amide bonds. The van der Waals surface area contributed by atoms with Gasteiger partial charge in [0.2, 0.25) is 0 Å². The lowest BCUT2D eigenvalue weighted by Gasteiger charge is -2.07. The minimum atomic E-state index is -2.50. The first-order valence-electron chi connectivity index (χ1n) is 4.08. The smallest absolute Gasteiger partial charge is 0.263 e. The van der Waals surface area contributed by atoms with Gasteiger partial charge in [0, 0.05) is 5.56 Å². The van der Waals surface area contributed by atoms with E-state index in [1.807, 2.05) is 0 Å². The van der Waals surface area contributed by atoms with E-state index in [-0.39, 0.29) is 12.0 Å². The molecule has 1 N–H and O–H groups in total. The molecule has 4 heteroatoms. The molecule has 0 fully saturated rings. The third-order valence-electron chi connectivity index (χ3n) is 1.86. The zero-order valence-electron chi connectivity index (χ0n) is 7.32. The number of halogens is 2. The average molecular weight is 197 g/mol. The predicted molar refractivity (Wildman–Crippen MR) is 46.6 cm³/mol. The number of nitriles is 1. The van der Waals surface area contributed by atoms with Crippen molar-refractivity contribution >= 4 is 0 Å². The summed E-state index contributed by atoms with van der Waals surface area (Å²) in [6.45, 7) is 0. The molecule has 0 bridgehead atoms. The maximum atomic E-state index is 12.1. The second-order valence-electron chi connectivity index (χ2n) is 2.85. The van der Waals surface area contributed by atoms with Crippen LogP contribution in [0, 0.1) is 11.3 Å². The van der Waals surface area contributed by atoms with Gasteiger partial charge in [0.15, 0.2) is 0 Å². The number of benzene rings is 1. The zero-order valence-corrected chi connectivity index (χ0v) is 7.32. The zero-order chi connectivity index (χ0) is 10.6. The highest BCUT2D eigenvalue weighted by Gasteiger charge is 2.09. The van der Waals surface area contributed by atoms with E-state index in [0.717, 1.165) is 0 Å². The van der Waals surface area contributed by atoms with E-state index in [0.29, 0.717) is 5.56 Å². The molecule has 14 heavy (non-hydrogen) atoms. The molecule has 1 aromatic rings. The lowest BCUT2D eigenvalue weighted by atomic mass is 10.1. The molecule has 0 heterocycles. The van der Waals surface area contributed by atoms with Crippen molar-refractivity contribution in [1.29, 1.82) is 5.26 Å². The van der Waals surface area contributed by atoms with Crippen LogP contribution in [-0.2, 0) is 0 Å². The number of hydrogen-bond donors (Lipinski definition) is 1. The van der Waals surface area contributed by atoms with Gasteiger partial charge in [0.25, 0.3) is 6.43 Å². The van der Waals surface area contributed by atoms with Gasteiger partial charge in [0.1, 0.15) is 0 Å². The Kier molecular flexibility index (Phi) is 3.55. The Hall–Kier alpha value is -1.47. The molecule has 0 radical (unpaired) electrons. The molecule has 1 atom stereocenters. The predicted octanol–water partition coefficient (Wildman–Crippen LogP) is 2.57. The molecule has 0 aromatic heterocycles.